The number of benzene rings is 2. The van der Waals surface area contributed by atoms with E-state index in [4.69, 9.17) is 0 Å². The van der Waals surface area contributed by atoms with E-state index in [1.54, 1.807) is 36.4 Å². The lowest BCUT2D eigenvalue weighted by atomic mass is 9.88. The van der Waals surface area contributed by atoms with Crippen molar-refractivity contribution in [1.29, 1.82) is 0 Å². The Bertz CT molecular complexity index is 621. The number of hydrogen-bond acceptors (Lipinski definition) is 1. The molecule has 0 spiro atoms. The summed E-state index contributed by atoms with van der Waals surface area (Å²) >= 11 is 0. The summed E-state index contributed by atoms with van der Waals surface area (Å²) in [4.78, 5) is 0. The van der Waals surface area contributed by atoms with Crippen molar-refractivity contribution < 1.29 is 8.78 Å². The minimum Gasteiger partial charge on any atom is -0.316 e. The molecule has 2 aromatic carbocycles. The predicted molar refractivity (Wildman–Crippen MR) is 80.9 cm³/mol. The van der Waals surface area contributed by atoms with Crippen LogP contribution in [0.4, 0.5) is 8.78 Å². The van der Waals surface area contributed by atoms with Gasteiger partial charge in [0, 0.05) is 11.1 Å². The smallest absolute Gasteiger partial charge is 0.131 e. The van der Waals surface area contributed by atoms with Gasteiger partial charge < -0.3 is 5.32 Å². The highest BCUT2D eigenvalue weighted by atomic mass is 19.1. The van der Waals surface area contributed by atoms with Gasteiger partial charge in [-0.3, -0.25) is 0 Å². The SMILES string of the molecule is Fc1ccccc1C(=C1CCNCC1)c1ccccc1F. The van der Waals surface area contributed by atoms with Crippen LogP contribution < -0.4 is 5.32 Å². The lowest BCUT2D eigenvalue weighted by Crippen LogP contribution is -2.24. The van der Waals surface area contributed by atoms with Crippen LogP contribution in [0.25, 0.3) is 5.57 Å². The Hall–Kier alpha value is -2.00. The highest BCUT2D eigenvalue weighted by Crippen LogP contribution is 2.33. The maximum absolute atomic E-state index is 14.2. The molecule has 3 rings (SSSR count). The van der Waals surface area contributed by atoms with Crippen molar-refractivity contribution in [3.8, 4) is 0 Å². The van der Waals surface area contributed by atoms with E-state index in [2.05, 4.69) is 5.32 Å². The molecule has 1 heterocycles. The highest BCUT2D eigenvalue weighted by molar-refractivity contribution is 5.82. The average molecular weight is 285 g/mol. The molecule has 1 nitrogen and oxygen atoms in total. The number of halogens is 2. The number of rotatable bonds is 2. The largest absolute Gasteiger partial charge is 0.316 e. The van der Waals surface area contributed by atoms with Gasteiger partial charge in [-0.2, -0.15) is 0 Å². The van der Waals surface area contributed by atoms with E-state index in [9.17, 15) is 8.78 Å². The molecular weight excluding hydrogens is 268 g/mol. The van der Waals surface area contributed by atoms with Crippen molar-refractivity contribution in [3.05, 3.63) is 76.9 Å². The van der Waals surface area contributed by atoms with Crippen LogP contribution in [0, 0.1) is 11.6 Å². The van der Waals surface area contributed by atoms with E-state index < -0.39 is 0 Å². The van der Waals surface area contributed by atoms with E-state index in [0.29, 0.717) is 16.7 Å². The van der Waals surface area contributed by atoms with Gasteiger partial charge in [0.1, 0.15) is 11.6 Å². The molecule has 108 valence electrons. The summed E-state index contributed by atoms with van der Waals surface area (Å²) in [6, 6.07) is 13.2. The summed E-state index contributed by atoms with van der Waals surface area (Å²) < 4.78 is 28.5. The summed E-state index contributed by atoms with van der Waals surface area (Å²) in [6.45, 7) is 1.70. The molecule has 21 heavy (non-hydrogen) atoms. The monoisotopic (exact) mass is 285 g/mol. The fourth-order valence-corrected chi connectivity index (χ4v) is 2.83. The maximum Gasteiger partial charge on any atom is 0.131 e. The van der Waals surface area contributed by atoms with Gasteiger partial charge in [-0.05, 0) is 43.6 Å². The van der Waals surface area contributed by atoms with Crippen molar-refractivity contribution in [2.75, 3.05) is 13.1 Å². The van der Waals surface area contributed by atoms with E-state index in [0.717, 1.165) is 31.5 Å². The fraction of sp³-hybridized carbons (Fsp3) is 0.222. The molecule has 2 aromatic rings. The Morgan fingerprint density at radius 2 is 1.24 bits per heavy atom. The van der Waals surface area contributed by atoms with Gasteiger partial charge in [0.05, 0.1) is 0 Å². The first-order valence-corrected chi connectivity index (χ1v) is 7.20. The number of nitrogens with one attached hydrogen (secondary N) is 1. The molecule has 1 saturated heterocycles. The first-order chi connectivity index (χ1) is 10.3. The van der Waals surface area contributed by atoms with Gasteiger partial charge in [0.15, 0.2) is 0 Å². The number of hydrogen-bond donors (Lipinski definition) is 1. The van der Waals surface area contributed by atoms with Crippen LogP contribution in [0.15, 0.2) is 54.1 Å². The lowest BCUT2D eigenvalue weighted by Gasteiger charge is -2.21. The molecule has 3 heteroatoms. The summed E-state index contributed by atoms with van der Waals surface area (Å²) in [6.07, 6.45) is 1.63. The van der Waals surface area contributed by atoms with E-state index in [1.165, 1.54) is 12.1 Å². The third kappa shape index (κ3) is 2.88. The third-order valence-corrected chi connectivity index (χ3v) is 3.85. The second-order valence-electron chi connectivity index (χ2n) is 5.19. The summed E-state index contributed by atoms with van der Waals surface area (Å²) in [5, 5.41) is 3.28. The molecule has 0 radical (unpaired) electrons. The molecule has 0 bridgehead atoms. The van der Waals surface area contributed by atoms with Crippen LogP contribution >= 0.6 is 0 Å². The molecular formula is C18H17F2N. The van der Waals surface area contributed by atoms with Gasteiger partial charge in [0.25, 0.3) is 0 Å². The summed E-state index contributed by atoms with van der Waals surface area (Å²) in [5.74, 6) is -0.608. The van der Waals surface area contributed by atoms with E-state index in [1.807, 2.05) is 0 Å². The number of piperidine rings is 1. The molecule has 0 aliphatic carbocycles. The second kappa shape index (κ2) is 6.19. The standard InChI is InChI=1S/C18H17F2N/c19-16-7-3-1-5-14(16)18(13-9-11-21-12-10-13)15-6-2-4-8-17(15)20/h1-8,21H,9-12H2. The molecule has 1 fully saturated rings. The van der Waals surface area contributed by atoms with Gasteiger partial charge in [0.2, 0.25) is 0 Å². The van der Waals surface area contributed by atoms with Crippen LogP contribution in [-0.4, -0.2) is 13.1 Å². The van der Waals surface area contributed by atoms with Crippen LogP contribution in [-0.2, 0) is 0 Å². The van der Waals surface area contributed by atoms with Crippen molar-refractivity contribution >= 4 is 5.57 Å². The normalized spacial score (nSPS) is 15.0. The Balaban J connectivity index is 2.21. The Morgan fingerprint density at radius 1 is 0.762 bits per heavy atom. The van der Waals surface area contributed by atoms with Crippen molar-refractivity contribution in [1.82, 2.24) is 5.32 Å². The van der Waals surface area contributed by atoms with Gasteiger partial charge in [-0.1, -0.05) is 42.0 Å². The van der Waals surface area contributed by atoms with Crippen molar-refractivity contribution in [2.45, 2.75) is 12.8 Å². The van der Waals surface area contributed by atoms with Gasteiger partial charge >= 0.3 is 0 Å². The van der Waals surface area contributed by atoms with Gasteiger partial charge in [-0.15, -0.1) is 0 Å². The maximum atomic E-state index is 14.2. The molecule has 0 saturated carbocycles. The quantitative estimate of drug-likeness (QED) is 0.874. The first kappa shape index (κ1) is 14.0. The Labute approximate surface area is 123 Å². The van der Waals surface area contributed by atoms with Crippen LogP contribution in [0.1, 0.15) is 24.0 Å². The molecule has 1 aliphatic heterocycles. The predicted octanol–water partition coefficient (Wildman–Crippen LogP) is 4.15. The minimum absolute atomic E-state index is 0.304. The molecule has 0 aromatic heterocycles. The fourth-order valence-electron chi connectivity index (χ4n) is 2.83. The third-order valence-electron chi connectivity index (χ3n) is 3.85. The Kier molecular flexibility index (Phi) is 4.11. The second-order valence-corrected chi connectivity index (χ2v) is 5.19. The van der Waals surface area contributed by atoms with E-state index in [-0.39, 0.29) is 11.6 Å². The lowest BCUT2D eigenvalue weighted by molar-refractivity contribution is 0.602. The molecule has 1 N–H and O–H groups in total. The average Bonchev–Trinajstić information content (AvgIpc) is 2.52. The molecule has 0 unspecified atom stereocenters. The zero-order chi connectivity index (χ0) is 14.7. The topological polar surface area (TPSA) is 12.0 Å². The van der Waals surface area contributed by atoms with Crippen LogP contribution in [0.2, 0.25) is 0 Å². The van der Waals surface area contributed by atoms with Crippen LogP contribution in [0.3, 0.4) is 0 Å². The summed E-state index contributed by atoms with van der Waals surface area (Å²) in [7, 11) is 0. The van der Waals surface area contributed by atoms with Crippen molar-refractivity contribution in [3.63, 3.8) is 0 Å². The molecule has 0 amide bonds. The zero-order valence-corrected chi connectivity index (χ0v) is 11.7. The van der Waals surface area contributed by atoms with Crippen LogP contribution in [0.5, 0.6) is 0 Å². The Morgan fingerprint density at radius 3 is 1.71 bits per heavy atom. The summed E-state index contributed by atoms with van der Waals surface area (Å²) in [5.41, 5.74) is 2.80. The molecule has 0 atom stereocenters. The zero-order valence-electron chi connectivity index (χ0n) is 11.7. The van der Waals surface area contributed by atoms with Gasteiger partial charge in [-0.25, -0.2) is 8.78 Å². The molecule has 1 aliphatic rings. The minimum atomic E-state index is -0.304. The first-order valence-electron chi connectivity index (χ1n) is 7.20. The highest BCUT2D eigenvalue weighted by Gasteiger charge is 2.19. The van der Waals surface area contributed by atoms with E-state index >= 15 is 0 Å². The van der Waals surface area contributed by atoms with Crippen molar-refractivity contribution in [2.24, 2.45) is 0 Å².